The van der Waals surface area contributed by atoms with E-state index in [9.17, 15) is 9.59 Å². The van der Waals surface area contributed by atoms with Crippen molar-refractivity contribution >= 4 is 23.2 Å². The lowest BCUT2D eigenvalue weighted by Gasteiger charge is -2.12. The van der Waals surface area contributed by atoms with Crippen LogP contribution in [0.1, 0.15) is 20.8 Å². The highest BCUT2D eigenvalue weighted by atomic mass is 32.1. The van der Waals surface area contributed by atoms with Crippen LogP contribution in [0.2, 0.25) is 0 Å². The van der Waals surface area contributed by atoms with E-state index in [2.05, 4.69) is 10.6 Å². The molecule has 1 aromatic heterocycles. The van der Waals surface area contributed by atoms with Gasteiger partial charge in [0.15, 0.2) is 6.61 Å². The second-order valence-corrected chi connectivity index (χ2v) is 7.16. The fourth-order valence-electron chi connectivity index (χ4n) is 2.63. The van der Waals surface area contributed by atoms with Crippen LogP contribution in [0.25, 0.3) is 0 Å². The average Bonchev–Trinajstić information content (AvgIpc) is 3.25. The maximum absolute atomic E-state index is 12.5. The quantitative estimate of drug-likeness (QED) is 0.584. The first-order chi connectivity index (χ1) is 13.7. The number of para-hydroxylation sites is 1. The minimum absolute atomic E-state index is 0.132. The van der Waals surface area contributed by atoms with Crippen molar-refractivity contribution in [3.63, 3.8) is 0 Å². The van der Waals surface area contributed by atoms with Gasteiger partial charge in [0.05, 0.1) is 5.56 Å². The number of benzene rings is 2. The topological polar surface area (TPSA) is 67.4 Å². The molecule has 0 aliphatic heterocycles. The molecular weight excluding hydrogens is 372 g/mol. The maximum Gasteiger partial charge on any atom is 0.257 e. The number of hydrogen-bond donors (Lipinski definition) is 2. The molecule has 0 fully saturated rings. The number of carbonyl (C=O) groups excluding carboxylic acids is 2. The van der Waals surface area contributed by atoms with E-state index in [1.54, 1.807) is 35.6 Å². The van der Waals surface area contributed by atoms with Crippen LogP contribution < -0.4 is 15.4 Å². The summed E-state index contributed by atoms with van der Waals surface area (Å²) in [6.07, 6.45) is 0.794. The van der Waals surface area contributed by atoms with E-state index in [0.717, 1.165) is 12.0 Å². The molecule has 2 amide bonds. The predicted octanol–water partition coefficient (Wildman–Crippen LogP) is 3.42. The zero-order valence-electron chi connectivity index (χ0n) is 15.4. The lowest BCUT2D eigenvalue weighted by Crippen LogP contribution is -2.31. The highest BCUT2D eigenvalue weighted by Gasteiger charge is 2.13. The molecule has 6 heteroatoms. The van der Waals surface area contributed by atoms with Crippen molar-refractivity contribution in [3.05, 3.63) is 88.1 Å². The van der Waals surface area contributed by atoms with Crippen molar-refractivity contribution in [1.82, 2.24) is 10.6 Å². The second-order valence-electron chi connectivity index (χ2n) is 6.13. The Bertz CT molecular complexity index is 895. The van der Waals surface area contributed by atoms with Crippen LogP contribution in [0.5, 0.6) is 5.75 Å². The summed E-state index contributed by atoms with van der Waals surface area (Å²) in [7, 11) is 0. The molecule has 0 atom stereocenters. The zero-order chi connectivity index (χ0) is 19.6. The maximum atomic E-state index is 12.5. The predicted molar refractivity (Wildman–Crippen MR) is 111 cm³/mol. The number of rotatable bonds is 9. The van der Waals surface area contributed by atoms with Crippen molar-refractivity contribution < 1.29 is 14.3 Å². The fourth-order valence-corrected chi connectivity index (χ4v) is 3.34. The van der Waals surface area contributed by atoms with Crippen molar-refractivity contribution in [3.8, 4) is 5.75 Å². The molecule has 3 rings (SSSR count). The molecule has 3 aromatic rings. The molecule has 0 aliphatic rings. The van der Waals surface area contributed by atoms with E-state index in [-0.39, 0.29) is 18.4 Å². The van der Waals surface area contributed by atoms with E-state index in [4.69, 9.17) is 4.74 Å². The number of thiophene rings is 1. The number of hydrogen-bond acceptors (Lipinski definition) is 4. The molecule has 2 N–H and O–H groups in total. The van der Waals surface area contributed by atoms with Gasteiger partial charge in [-0.25, -0.2) is 0 Å². The third kappa shape index (κ3) is 5.96. The molecule has 28 heavy (non-hydrogen) atoms. The molecule has 1 heterocycles. The summed E-state index contributed by atoms with van der Waals surface area (Å²) in [5, 5.41) is 7.72. The summed E-state index contributed by atoms with van der Waals surface area (Å²) >= 11 is 1.67. The van der Waals surface area contributed by atoms with E-state index in [1.165, 1.54) is 4.88 Å². The largest absolute Gasteiger partial charge is 0.483 e. The van der Waals surface area contributed by atoms with Gasteiger partial charge in [0.1, 0.15) is 5.75 Å². The van der Waals surface area contributed by atoms with Crippen LogP contribution in [0.3, 0.4) is 0 Å². The van der Waals surface area contributed by atoms with Gasteiger partial charge in [0, 0.05) is 18.0 Å². The van der Waals surface area contributed by atoms with Gasteiger partial charge in [-0.1, -0.05) is 48.5 Å². The van der Waals surface area contributed by atoms with Crippen molar-refractivity contribution in [2.45, 2.75) is 13.0 Å². The number of ether oxygens (including phenoxy) is 1. The van der Waals surface area contributed by atoms with Gasteiger partial charge in [0.2, 0.25) is 0 Å². The normalized spacial score (nSPS) is 10.3. The number of carbonyl (C=O) groups is 2. The van der Waals surface area contributed by atoms with E-state index in [0.29, 0.717) is 24.4 Å². The van der Waals surface area contributed by atoms with Gasteiger partial charge in [-0.3, -0.25) is 9.59 Å². The van der Waals surface area contributed by atoms with Crippen molar-refractivity contribution in [2.24, 2.45) is 0 Å². The van der Waals surface area contributed by atoms with E-state index < -0.39 is 0 Å². The van der Waals surface area contributed by atoms with E-state index >= 15 is 0 Å². The number of amides is 2. The molecular formula is C22H22N2O3S. The summed E-state index contributed by atoms with van der Waals surface area (Å²) in [5.41, 5.74) is 1.42. The molecule has 0 bridgehead atoms. The molecule has 0 saturated heterocycles. The van der Waals surface area contributed by atoms with Crippen LogP contribution >= 0.6 is 11.3 Å². The van der Waals surface area contributed by atoms with Crippen molar-refractivity contribution in [2.75, 3.05) is 13.2 Å². The highest BCUT2D eigenvalue weighted by molar-refractivity contribution is 7.09. The van der Waals surface area contributed by atoms with Crippen molar-refractivity contribution in [1.29, 1.82) is 0 Å². The molecule has 144 valence electrons. The number of nitrogens with one attached hydrogen (secondary N) is 2. The standard InChI is InChI=1S/C22H22N2O3S/c25-21(23-13-12-18-9-6-14-28-18)16-27-20-11-5-4-10-19(20)22(26)24-15-17-7-2-1-3-8-17/h1-11,14H,12-13,15-16H2,(H,23,25)(H,24,26). The van der Waals surface area contributed by atoms with Gasteiger partial charge in [0.25, 0.3) is 11.8 Å². The molecule has 0 saturated carbocycles. The Hall–Kier alpha value is -3.12. The Kier molecular flexibility index (Phi) is 7.21. The van der Waals surface area contributed by atoms with Crippen LogP contribution in [0.15, 0.2) is 72.1 Å². The average molecular weight is 394 g/mol. The van der Waals surface area contributed by atoms with Crippen LogP contribution in [-0.2, 0) is 17.8 Å². The summed E-state index contributed by atoms with van der Waals surface area (Å²) < 4.78 is 5.59. The van der Waals surface area contributed by atoms with E-state index in [1.807, 2.05) is 47.8 Å². The fraction of sp³-hybridized carbons (Fsp3) is 0.182. The Morgan fingerprint density at radius 2 is 1.68 bits per heavy atom. The van der Waals surface area contributed by atoms with Gasteiger partial charge in [-0.15, -0.1) is 11.3 Å². The molecule has 0 aliphatic carbocycles. The Balaban J connectivity index is 1.48. The first-order valence-corrected chi connectivity index (χ1v) is 9.93. The third-order valence-electron chi connectivity index (χ3n) is 4.06. The third-order valence-corrected chi connectivity index (χ3v) is 5.00. The van der Waals surface area contributed by atoms with Crippen LogP contribution in [0.4, 0.5) is 0 Å². The van der Waals surface area contributed by atoms with Gasteiger partial charge < -0.3 is 15.4 Å². The molecule has 0 unspecified atom stereocenters. The lowest BCUT2D eigenvalue weighted by atomic mass is 10.1. The first-order valence-electron chi connectivity index (χ1n) is 9.05. The second kappa shape index (κ2) is 10.3. The monoisotopic (exact) mass is 394 g/mol. The molecule has 5 nitrogen and oxygen atoms in total. The zero-order valence-corrected chi connectivity index (χ0v) is 16.2. The van der Waals surface area contributed by atoms with Crippen LogP contribution in [-0.4, -0.2) is 25.0 Å². The summed E-state index contributed by atoms with van der Waals surface area (Å²) in [5.74, 6) is -0.0601. The molecule has 0 spiro atoms. The molecule has 2 aromatic carbocycles. The highest BCUT2D eigenvalue weighted by Crippen LogP contribution is 2.18. The summed E-state index contributed by atoms with van der Waals surface area (Å²) in [6, 6.07) is 20.6. The van der Waals surface area contributed by atoms with Crippen LogP contribution in [0, 0.1) is 0 Å². The Morgan fingerprint density at radius 1 is 0.893 bits per heavy atom. The summed E-state index contributed by atoms with van der Waals surface area (Å²) in [6.45, 7) is 0.854. The summed E-state index contributed by atoms with van der Waals surface area (Å²) in [4.78, 5) is 25.7. The SMILES string of the molecule is O=C(COc1ccccc1C(=O)NCc1ccccc1)NCCc1cccs1. The smallest absolute Gasteiger partial charge is 0.257 e. The Morgan fingerprint density at radius 3 is 2.46 bits per heavy atom. The first kappa shape index (κ1) is 19.6. The van der Waals surface area contributed by atoms with Gasteiger partial charge >= 0.3 is 0 Å². The minimum atomic E-state index is -0.238. The molecule has 0 radical (unpaired) electrons. The van der Waals surface area contributed by atoms with Gasteiger partial charge in [-0.2, -0.15) is 0 Å². The minimum Gasteiger partial charge on any atom is -0.483 e. The lowest BCUT2D eigenvalue weighted by molar-refractivity contribution is -0.123. The Labute approximate surface area is 168 Å². The van der Waals surface area contributed by atoms with Gasteiger partial charge in [-0.05, 0) is 35.6 Å².